The topological polar surface area (TPSA) is 68.2 Å². The molecule has 2 aromatic rings. The molecule has 0 spiro atoms. The molecule has 1 heterocycles. The lowest BCUT2D eigenvalue weighted by Crippen LogP contribution is -2.37. The first-order chi connectivity index (χ1) is 11.4. The molecule has 0 saturated carbocycles. The molecule has 0 aliphatic carbocycles. The third-order valence-corrected chi connectivity index (χ3v) is 4.00. The highest BCUT2D eigenvalue weighted by Gasteiger charge is 2.19. The number of halogens is 4. The molecule has 0 saturated heterocycles. The molecule has 1 atom stereocenters. The Bertz CT molecular complexity index is 700. The van der Waals surface area contributed by atoms with Crippen molar-refractivity contribution < 1.29 is 9.53 Å². The molecule has 1 unspecified atom stereocenters. The first-order valence-corrected chi connectivity index (χ1v) is 8.26. The van der Waals surface area contributed by atoms with Gasteiger partial charge in [0.1, 0.15) is 12.6 Å². The Morgan fingerprint density at radius 2 is 1.96 bits per heavy atom. The van der Waals surface area contributed by atoms with Gasteiger partial charge < -0.3 is 15.4 Å². The maximum atomic E-state index is 12.2. The van der Waals surface area contributed by atoms with Gasteiger partial charge in [0.15, 0.2) is 5.75 Å². The SMILES string of the molecule is CNC(C(=O)NCCOc1c(Cl)cc(Cl)cc1Cl)c1cnn(C)c1.Cl. The van der Waals surface area contributed by atoms with Crippen LogP contribution in [-0.4, -0.2) is 35.9 Å². The number of nitrogens with one attached hydrogen (secondary N) is 2. The van der Waals surface area contributed by atoms with E-state index < -0.39 is 6.04 Å². The van der Waals surface area contributed by atoms with Gasteiger partial charge in [0.2, 0.25) is 5.91 Å². The first-order valence-electron chi connectivity index (χ1n) is 7.13. The van der Waals surface area contributed by atoms with Gasteiger partial charge in [0.05, 0.1) is 22.8 Å². The second-order valence-corrected chi connectivity index (χ2v) is 6.26. The molecule has 10 heteroatoms. The number of hydrogen-bond donors (Lipinski definition) is 2. The lowest BCUT2D eigenvalue weighted by Gasteiger charge is -2.15. The third kappa shape index (κ3) is 5.94. The molecule has 6 nitrogen and oxygen atoms in total. The van der Waals surface area contributed by atoms with Crippen LogP contribution in [0.4, 0.5) is 0 Å². The summed E-state index contributed by atoms with van der Waals surface area (Å²) in [7, 11) is 3.50. The fraction of sp³-hybridized carbons (Fsp3) is 0.333. The van der Waals surface area contributed by atoms with Crippen LogP contribution in [0, 0.1) is 0 Å². The van der Waals surface area contributed by atoms with Crippen molar-refractivity contribution in [3.05, 3.63) is 45.2 Å². The highest BCUT2D eigenvalue weighted by Crippen LogP contribution is 2.35. The number of ether oxygens (including phenoxy) is 1. The summed E-state index contributed by atoms with van der Waals surface area (Å²) in [5.41, 5.74) is 0.780. The van der Waals surface area contributed by atoms with Crippen LogP contribution in [-0.2, 0) is 11.8 Å². The van der Waals surface area contributed by atoms with E-state index in [9.17, 15) is 4.79 Å². The van der Waals surface area contributed by atoms with Crippen molar-refractivity contribution in [2.75, 3.05) is 20.2 Å². The van der Waals surface area contributed by atoms with Crippen molar-refractivity contribution in [2.45, 2.75) is 6.04 Å². The molecule has 0 aliphatic rings. The smallest absolute Gasteiger partial charge is 0.241 e. The third-order valence-electron chi connectivity index (χ3n) is 3.22. The van der Waals surface area contributed by atoms with Gasteiger partial charge in [-0.1, -0.05) is 34.8 Å². The predicted molar refractivity (Wildman–Crippen MR) is 102 cm³/mol. The summed E-state index contributed by atoms with van der Waals surface area (Å²) in [6.45, 7) is 0.517. The molecule has 0 radical (unpaired) electrons. The van der Waals surface area contributed by atoms with Crippen LogP contribution in [0.3, 0.4) is 0 Å². The molecule has 2 N–H and O–H groups in total. The molecule has 25 heavy (non-hydrogen) atoms. The predicted octanol–water partition coefficient (Wildman–Crippen LogP) is 3.26. The number of nitrogens with zero attached hydrogens (tertiary/aromatic N) is 2. The van der Waals surface area contributed by atoms with Crippen molar-refractivity contribution in [1.29, 1.82) is 0 Å². The molecule has 0 aliphatic heterocycles. The molecular weight excluding hydrogens is 410 g/mol. The van der Waals surface area contributed by atoms with Gasteiger partial charge in [0, 0.05) is 23.8 Å². The molecular formula is C15H18Cl4N4O2. The van der Waals surface area contributed by atoms with Crippen LogP contribution in [0.25, 0.3) is 0 Å². The summed E-state index contributed by atoms with van der Waals surface area (Å²) < 4.78 is 7.16. The molecule has 138 valence electrons. The standard InChI is InChI=1S/C15H17Cl3N4O2.ClH/c1-19-13(9-7-21-22(2)8-9)15(23)20-3-4-24-14-11(17)5-10(16)6-12(14)18;/h5-8,13,19H,3-4H2,1-2H3,(H,20,23);1H. The highest BCUT2D eigenvalue weighted by atomic mass is 35.5. The van der Waals surface area contributed by atoms with Crippen LogP contribution in [0.5, 0.6) is 5.75 Å². The van der Waals surface area contributed by atoms with Gasteiger partial charge in [-0.3, -0.25) is 9.48 Å². The number of hydrogen-bond acceptors (Lipinski definition) is 4. The van der Waals surface area contributed by atoms with Crippen molar-refractivity contribution in [3.63, 3.8) is 0 Å². The summed E-state index contributed by atoms with van der Waals surface area (Å²) in [5.74, 6) is 0.164. The summed E-state index contributed by atoms with van der Waals surface area (Å²) in [5, 5.41) is 10.9. The molecule has 1 aromatic heterocycles. The van der Waals surface area contributed by atoms with Gasteiger partial charge in [0.25, 0.3) is 0 Å². The van der Waals surface area contributed by atoms with Gasteiger partial charge in [-0.15, -0.1) is 12.4 Å². The highest BCUT2D eigenvalue weighted by molar-refractivity contribution is 6.40. The van der Waals surface area contributed by atoms with E-state index >= 15 is 0 Å². The van der Waals surface area contributed by atoms with Crippen molar-refractivity contribution >= 4 is 53.1 Å². The lowest BCUT2D eigenvalue weighted by molar-refractivity contribution is -0.123. The number of likely N-dealkylation sites (N-methyl/N-ethyl adjacent to an activating group) is 1. The van der Waals surface area contributed by atoms with Crippen LogP contribution in [0.15, 0.2) is 24.5 Å². The maximum absolute atomic E-state index is 12.2. The van der Waals surface area contributed by atoms with Gasteiger partial charge in [-0.05, 0) is 19.2 Å². The van der Waals surface area contributed by atoms with E-state index in [0.29, 0.717) is 27.4 Å². The number of carbonyl (C=O) groups is 1. The first kappa shape index (κ1) is 21.9. The van der Waals surface area contributed by atoms with E-state index in [-0.39, 0.29) is 24.9 Å². The van der Waals surface area contributed by atoms with E-state index in [4.69, 9.17) is 39.5 Å². The van der Waals surface area contributed by atoms with Gasteiger partial charge in [-0.2, -0.15) is 5.10 Å². The Labute approximate surface area is 167 Å². The van der Waals surface area contributed by atoms with Gasteiger partial charge >= 0.3 is 0 Å². The quantitative estimate of drug-likeness (QED) is 0.665. The Morgan fingerprint density at radius 1 is 1.32 bits per heavy atom. The monoisotopic (exact) mass is 426 g/mol. The summed E-state index contributed by atoms with van der Waals surface area (Å²) in [4.78, 5) is 12.2. The number of benzene rings is 1. The van der Waals surface area contributed by atoms with Crippen LogP contribution in [0.2, 0.25) is 15.1 Å². The van der Waals surface area contributed by atoms with Crippen molar-refractivity contribution in [1.82, 2.24) is 20.4 Å². The Hall–Kier alpha value is -1.18. The zero-order valence-corrected chi connectivity index (χ0v) is 16.6. The fourth-order valence-corrected chi connectivity index (χ4v) is 3.06. The van der Waals surface area contributed by atoms with E-state index in [2.05, 4.69) is 15.7 Å². The molecule has 0 fully saturated rings. The second-order valence-electron chi connectivity index (χ2n) is 5.01. The summed E-state index contributed by atoms with van der Waals surface area (Å²) in [6, 6.07) is 2.60. The maximum Gasteiger partial charge on any atom is 0.241 e. The van der Waals surface area contributed by atoms with Crippen LogP contribution in [0.1, 0.15) is 11.6 Å². The van der Waals surface area contributed by atoms with Crippen molar-refractivity contribution in [3.8, 4) is 5.75 Å². The lowest BCUT2D eigenvalue weighted by atomic mass is 10.1. The average molecular weight is 428 g/mol. The van der Waals surface area contributed by atoms with E-state index in [0.717, 1.165) is 5.56 Å². The minimum absolute atomic E-state index is 0. The number of rotatable bonds is 7. The number of carbonyl (C=O) groups excluding carboxylic acids is 1. The Kier molecular flexibility index (Phi) is 8.82. The molecule has 1 amide bonds. The zero-order valence-electron chi connectivity index (χ0n) is 13.6. The molecule has 1 aromatic carbocycles. The Morgan fingerprint density at radius 3 is 2.48 bits per heavy atom. The Balaban J connectivity index is 0.00000312. The fourth-order valence-electron chi connectivity index (χ4n) is 2.13. The summed E-state index contributed by atoms with van der Waals surface area (Å²) >= 11 is 17.9. The average Bonchev–Trinajstić information content (AvgIpc) is 2.92. The largest absolute Gasteiger partial charge is 0.489 e. The van der Waals surface area contributed by atoms with Gasteiger partial charge in [-0.25, -0.2) is 0 Å². The minimum Gasteiger partial charge on any atom is -0.489 e. The normalized spacial score (nSPS) is 11.6. The van der Waals surface area contributed by atoms with E-state index in [1.165, 1.54) is 0 Å². The number of amides is 1. The van der Waals surface area contributed by atoms with Crippen LogP contribution < -0.4 is 15.4 Å². The van der Waals surface area contributed by atoms with E-state index in [1.54, 1.807) is 43.3 Å². The van der Waals surface area contributed by atoms with Crippen LogP contribution >= 0.6 is 47.2 Å². The minimum atomic E-state index is -0.485. The molecule has 0 bridgehead atoms. The number of aryl methyl sites for hydroxylation is 1. The molecule has 2 rings (SSSR count). The van der Waals surface area contributed by atoms with Crippen molar-refractivity contribution in [2.24, 2.45) is 7.05 Å². The summed E-state index contributed by atoms with van der Waals surface area (Å²) in [6.07, 6.45) is 3.43. The zero-order chi connectivity index (χ0) is 17.7. The number of aromatic nitrogens is 2. The van der Waals surface area contributed by atoms with E-state index in [1.807, 2.05) is 0 Å². The second kappa shape index (κ2) is 10.1.